The van der Waals surface area contributed by atoms with E-state index in [4.69, 9.17) is 4.74 Å². The molecule has 5 atom stereocenters. The zero-order valence-corrected chi connectivity index (χ0v) is 13.8. The third-order valence-corrected chi connectivity index (χ3v) is 7.05. The van der Waals surface area contributed by atoms with Gasteiger partial charge >= 0.3 is 0 Å². The molecule has 20 heavy (non-hydrogen) atoms. The maximum absolute atomic E-state index is 11.8. The Balaban J connectivity index is 1.95. The maximum Gasteiger partial charge on any atom is 0.158 e. The van der Waals surface area contributed by atoms with Gasteiger partial charge < -0.3 is 4.74 Å². The van der Waals surface area contributed by atoms with Gasteiger partial charge in [0.15, 0.2) is 5.78 Å². The first-order valence-electron chi connectivity index (χ1n) is 8.37. The van der Waals surface area contributed by atoms with Crippen LogP contribution >= 0.6 is 0 Å². The summed E-state index contributed by atoms with van der Waals surface area (Å²) in [6.07, 6.45) is 7.20. The molecule has 3 rings (SSSR count). The molecular weight excluding hydrogens is 248 g/mol. The molecule has 0 amide bonds. The molecule has 1 heterocycles. The highest BCUT2D eigenvalue weighted by Gasteiger charge is 2.62. The molecule has 0 bridgehead atoms. The molecule has 2 heteroatoms. The van der Waals surface area contributed by atoms with Crippen LogP contribution in [0.4, 0.5) is 0 Å². The highest BCUT2D eigenvalue weighted by atomic mass is 16.5. The number of ketones is 1. The van der Waals surface area contributed by atoms with Crippen LogP contribution in [0.5, 0.6) is 0 Å². The summed E-state index contributed by atoms with van der Waals surface area (Å²) < 4.78 is 6.25. The minimum absolute atomic E-state index is 0.0605. The molecule has 2 saturated carbocycles. The second-order valence-electron chi connectivity index (χ2n) is 8.76. The van der Waals surface area contributed by atoms with Crippen molar-refractivity contribution in [1.29, 1.82) is 0 Å². The van der Waals surface area contributed by atoms with E-state index in [1.54, 1.807) is 6.92 Å². The van der Waals surface area contributed by atoms with E-state index in [0.717, 1.165) is 18.8 Å². The molecule has 1 unspecified atom stereocenters. The Hall–Kier alpha value is -0.370. The van der Waals surface area contributed by atoms with E-state index < -0.39 is 0 Å². The highest BCUT2D eigenvalue weighted by molar-refractivity contribution is 5.80. The molecule has 0 aromatic heterocycles. The standard InChI is InChI=1S/C18H30O2/c1-12(19)13-11-15-17(4)9-6-8-16(2,3)14(17)7-10-18(15,5)20-13/h13-15H,6-11H2,1-5H3/t13-,14?,15-,17+,18-/m1/s1. The van der Waals surface area contributed by atoms with Gasteiger partial charge in [0.05, 0.1) is 5.60 Å². The van der Waals surface area contributed by atoms with E-state index >= 15 is 0 Å². The molecule has 0 N–H and O–H groups in total. The summed E-state index contributed by atoms with van der Waals surface area (Å²) >= 11 is 0. The lowest BCUT2D eigenvalue weighted by Crippen LogP contribution is -2.55. The third kappa shape index (κ3) is 1.90. The quantitative estimate of drug-likeness (QED) is 0.712. The first kappa shape index (κ1) is 14.6. The van der Waals surface area contributed by atoms with Crippen LogP contribution in [-0.4, -0.2) is 17.5 Å². The fourth-order valence-corrected chi connectivity index (χ4v) is 6.10. The number of hydrogen-bond donors (Lipinski definition) is 0. The van der Waals surface area contributed by atoms with E-state index in [1.807, 2.05) is 0 Å². The van der Waals surface area contributed by atoms with Gasteiger partial charge in [-0.05, 0) is 68.6 Å². The SMILES string of the molecule is CC(=O)[C@H]1C[C@H]2[C@@](C)(CCC3C(C)(C)CCC[C@@]32C)O1. The number of hydrogen-bond acceptors (Lipinski definition) is 2. The van der Waals surface area contributed by atoms with Gasteiger partial charge in [-0.2, -0.15) is 0 Å². The van der Waals surface area contributed by atoms with Gasteiger partial charge in [-0.15, -0.1) is 0 Å². The summed E-state index contributed by atoms with van der Waals surface area (Å²) in [7, 11) is 0. The average Bonchev–Trinajstić information content (AvgIpc) is 2.67. The summed E-state index contributed by atoms with van der Waals surface area (Å²) in [6, 6.07) is 0. The second-order valence-corrected chi connectivity index (χ2v) is 8.76. The average molecular weight is 278 g/mol. The molecule has 3 fully saturated rings. The summed E-state index contributed by atoms with van der Waals surface area (Å²) in [5, 5.41) is 0. The number of Topliss-reactive ketones (excluding diaryl/α,β-unsaturated/α-hetero) is 1. The molecule has 0 aromatic carbocycles. The van der Waals surface area contributed by atoms with Gasteiger partial charge in [-0.3, -0.25) is 4.79 Å². The third-order valence-electron chi connectivity index (χ3n) is 7.05. The molecule has 1 aliphatic heterocycles. The van der Waals surface area contributed by atoms with Crippen molar-refractivity contribution in [1.82, 2.24) is 0 Å². The Labute approximate surface area is 123 Å². The molecule has 2 nitrogen and oxygen atoms in total. The Morgan fingerprint density at radius 3 is 2.40 bits per heavy atom. The van der Waals surface area contributed by atoms with Crippen molar-refractivity contribution in [3.8, 4) is 0 Å². The van der Waals surface area contributed by atoms with Crippen LogP contribution in [0.3, 0.4) is 0 Å². The van der Waals surface area contributed by atoms with E-state index in [2.05, 4.69) is 27.7 Å². The molecular formula is C18H30O2. The zero-order chi connectivity index (χ0) is 14.8. The lowest BCUT2D eigenvalue weighted by Gasteiger charge is -2.60. The lowest BCUT2D eigenvalue weighted by molar-refractivity contribution is -0.160. The van der Waals surface area contributed by atoms with Crippen LogP contribution in [0.15, 0.2) is 0 Å². The summed E-state index contributed by atoms with van der Waals surface area (Å²) in [4.78, 5) is 11.8. The normalized spacial score (nSPS) is 50.4. The van der Waals surface area contributed by atoms with Crippen molar-refractivity contribution in [2.75, 3.05) is 0 Å². The minimum Gasteiger partial charge on any atom is -0.364 e. The van der Waals surface area contributed by atoms with Gasteiger partial charge in [0.2, 0.25) is 0 Å². The van der Waals surface area contributed by atoms with Gasteiger partial charge in [-0.25, -0.2) is 0 Å². The Morgan fingerprint density at radius 1 is 1.05 bits per heavy atom. The van der Waals surface area contributed by atoms with Crippen molar-refractivity contribution in [3.63, 3.8) is 0 Å². The smallest absolute Gasteiger partial charge is 0.158 e. The van der Waals surface area contributed by atoms with E-state index in [0.29, 0.717) is 16.7 Å². The van der Waals surface area contributed by atoms with Crippen LogP contribution < -0.4 is 0 Å². The largest absolute Gasteiger partial charge is 0.364 e. The number of carbonyl (C=O) groups excluding carboxylic acids is 1. The predicted molar refractivity (Wildman–Crippen MR) is 80.5 cm³/mol. The molecule has 0 radical (unpaired) electrons. The maximum atomic E-state index is 11.8. The van der Waals surface area contributed by atoms with Crippen LogP contribution in [0, 0.1) is 22.7 Å². The van der Waals surface area contributed by atoms with Gasteiger partial charge in [0, 0.05) is 0 Å². The first-order chi connectivity index (χ1) is 9.19. The summed E-state index contributed by atoms with van der Waals surface area (Å²) in [5.74, 6) is 1.56. The molecule has 0 aromatic rings. The summed E-state index contributed by atoms with van der Waals surface area (Å²) in [6.45, 7) is 11.4. The number of fused-ring (bicyclic) bond motifs is 3. The van der Waals surface area contributed by atoms with Crippen molar-refractivity contribution in [2.45, 2.75) is 84.8 Å². The topological polar surface area (TPSA) is 26.3 Å². The number of carbonyl (C=O) groups is 1. The molecule has 114 valence electrons. The highest BCUT2D eigenvalue weighted by Crippen LogP contribution is 2.65. The number of ether oxygens (including phenoxy) is 1. The van der Waals surface area contributed by atoms with E-state index in [9.17, 15) is 4.79 Å². The van der Waals surface area contributed by atoms with Crippen LogP contribution in [0.1, 0.15) is 73.1 Å². The molecule has 0 spiro atoms. The Bertz CT molecular complexity index is 427. The monoisotopic (exact) mass is 278 g/mol. The second kappa shape index (κ2) is 4.32. The predicted octanol–water partition coefficient (Wildman–Crippen LogP) is 4.37. The van der Waals surface area contributed by atoms with Gasteiger partial charge in [-0.1, -0.05) is 27.2 Å². The molecule has 2 aliphatic carbocycles. The first-order valence-corrected chi connectivity index (χ1v) is 8.37. The van der Waals surface area contributed by atoms with Crippen molar-refractivity contribution in [3.05, 3.63) is 0 Å². The Kier molecular flexibility index (Phi) is 3.14. The van der Waals surface area contributed by atoms with Crippen molar-refractivity contribution < 1.29 is 9.53 Å². The van der Waals surface area contributed by atoms with Crippen molar-refractivity contribution >= 4 is 5.78 Å². The van der Waals surface area contributed by atoms with Gasteiger partial charge in [0.1, 0.15) is 6.10 Å². The number of rotatable bonds is 1. The van der Waals surface area contributed by atoms with Crippen LogP contribution in [0.25, 0.3) is 0 Å². The van der Waals surface area contributed by atoms with Crippen LogP contribution in [0.2, 0.25) is 0 Å². The van der Waals surface area contributed by atoms with Crippen molar-refractivity contribution in [2.24, 2.45) is 22.7 Å². The fourth-order valence-electron chi connectivity index (χ4n) is 6.10. The lowest BCUT2D eigenvalue weighted by atomic mass is 9.45. The Morgan fingerprint density at radius 2 is 1.75 bits per heavy atom. The van der Waals surface area contributed by atoms with Crippen LogP contribution in [-0.2, 0) is 9.53 Å². The van der Waals surface area contributed by atoms with E-state index in [1.165, 1.54) is 25.7 Å². The molecule has 3 aliphatic rings. The van der Waals surface area contributed by atoms with E-state index in [-0.39, 0.29) is 17.5 Å². The fraction of sp³-hybridized carbons (Fsp3) is 0.944. The molecule has 1 saturated heterocycles. The minimum atomic E-state index is -0.148. The zero-order valence-electron chi connectivity index (χ0n) is 13.8. The summed E-state index contributed by atoms with van der Waals surface area (Å²) in [5.41, 5.74) is 0.747. The van der Waals surface area contributed by atoms with Gasteiger partial charge in [0.25, 0.3) is 0 Å².